The molecule has 0 radical (unpaired) electrons. The number of aliphatic carboxylic acids is 1. The summed E-state index contributed by atoms with van der Waals surface area (Å²) in [6.45, 7) is 2.81. The number of carboxylic acids is 1. The molecule has 2 fully saturated rings. The van der Waals surface area contributed by atoms with Crippen LogP contribution in [0, 0.1) is 5.92 Å². The number of rotatable bonds is 4. The Morgan fingerprint density at radius 3 is 2.76 bits per heavy atom. The third-order valence-electron chi connectivity index (χ3n) is 4.34. The zero-order valence-corrected chi connectivity index (χ0v) is 12.1. The van der Waals surface area contributed by atoms with Crippen molar-refractivity contribution in [1.82, 2.24) is 9.80 Å². The normalized spacial score (nSPS) is 25.1. The van der Waals surface area contributed by atoms with Gasteiger partial charge in [0, 0.05) is 12.6 Å². The molecule has 2 heterocycles. The van der Waals surface area contributed by atoms with Crippen molar-refractivity contribution in [3.8, 4) is 0 Å². The predicted molar refractivity (Wildman–Crippen MR) is 74.6 cm³/mol. The maximum Gasteiger partial charge on any atom is 0.326 e. The number of carboxylic acid groups (broad SMARTS) is 1. The Kier molecular flexibility index (Phi) is 3.61. The van der Waals surface area contributed by atoms with E-state index >= 15 is 0 Å². The Morgan fingerprint density at radius 1 is 1.43 bits per heavy atom. The summed E-state index contributed by atoms with van der Waals surface area (Å²) in [6, 6.07) is 2.96. The lowest BCUT2D eigenvalue weighted by Crippen LogP contribution is -2.49. The standard InChI is InChI=1S/C15H20N2O4/c1-10-6-7-16(13(10)14(18)19)15(20)17(11-4-5-11)9-12-3-2-8-21-12/h2-3,8,10-11,13H,4-7,9H2,1H3,(H,18,19). The van der Waals surface area contributed by atoms with Gasteiger partial charge in [0.15, 0.2) is 0 Å². The third-order valence-corrected chi connectivity index (χ3v) is 4.34. The molecule has 1 aliphatic carbocycles. The smallest absolute Gasteiger partial charge is 0.326 e. The lowest BCUT2D eigenvalue weighted by atomic mass is 10.0. The Labute approximate surface area is 123 Å². The highest BCUT2D eigenvalue weighted by Gasteiger charge is 2.44. The second kappa shape index (κ2) is 5.42. The van der Waals surface area contributed by atoms with Gasteiger partial charge in [0.05, 0.1) is 12.8 Å². The molecule has 0 aromatic carbocycles. The Balaban J connectivity index is 1.76. The molecule has 6 heteroatoms. The van der Waals surface area contributed by atoms with E-state index in [1.54, 1.807) is 17.2 Å². The molecule has 114 valence electrons. The summed E-state index contributed by atoms with van der Waals surface area (Å²) in [4.78, 5) is 27.4. The maximum absolute atomic E-state index is 12.8. The first-order valence-electron chi connectivity index (χ1n) is 7.40. The molecular formula is C15H20N2O4. The highest BCUT2D eigenvalue weighted by molar-refractivity contribution is 5.84. The minimum atomic E-state index is -0.915. The topological polar surface area (TPSA) is 74.0 Å². The second-order valence-electron chi connectivity index (χ2n) is 5.96. The molecule has 3 rings (SSSR count). The second-order valence-corrected chi connectivity index (χ2v) is 5.96. The summed E-state index contributed by atoms with van der Waals surface area (Å²) < 4.78 is 5.32. The molecule has 1 aromatic rings. The fraction of sp³-hybridized carbons (Fsp3) is 0.600. The van der Waals surface area contributed by atoms with Crippen molar-refractivity contribution >= 4 is 12.0 Å². The van der Waals surface area contributed by atoms with Crippen molar-refractivity contribution in [1.29, 1.82) is 0 Å². The van der Waals surface area contributed by atoms with Crippen LogP contribution in [-0.4, -0.2) is 45.5 Å². The summed E-state index contributed by atoms with van der Waals surface area (Å²) in [5.41, 5.74) is 0. The van der Waals surface area contributed by atoms with Gasteiger partial charge in [-0.3, -0.25) is 0 Å². The molecule has 2 unspecified atom stereocenters. The van der Waals surface area contributed by atoms with Crippen LogP contribution < -0.4 is 0 Å². The van der Waals surface area contributed by atoms with Crippen molar-refractivity contribution < 1.29 is 19.1 Å². The van der Waals surface area contributed by atoms with Crippen LogP contribution in [0.3, 0.4) is 0 Å². The first kappa shape index (κ1) is 14.0. The molecule has 1 saturated carbocycles. The maximum atomic E-state index is 12.8. The van der Waals surface area contributed by atoms with Crippen LogP contribution in [0.25, 0.3) is 0 Å². The van der Waals surface area contributed by atoms with Crippen molar-refractivity contribution in [2.75, 3.05) is 6.54 Å². The lowest BCUT2D eigenvalue weighted by Gasteiger charge is -2.30. The third kappa shape index (κ3) is 2.75. The summed E-state index contributed by atoms with van der Waals surface area (Å²) >= 11 is 0. The first-order chi connectivity index (χ1) is 10.1. The SMILES string of the molecule is CC1CCN(C(=O)N(Cc2ccco2)C2CC2)C1C(=O)O. The lowest BCUT2D eigenvalue weighted by molar-refractivity contribution is -0.142. The fourth-order valence-electron chi connectivity index (χ4n) is 3.01. The summed E-state index contributed by atoms with van der Waals surface area (Å²) in [7, 11) is 0. The van der Waals surface area contributed by atoms with E-state index in [1.165, 1.54) is 4.90 Å². The number of amides is 2. The number of nitrogens with zero attached hydrogens (tertiary/aromatic N) is 2. The van der Waals surface area contributed by atoms with Gasteiger partial charge in [-0.1, -0.05) is 6.92 Å². The van der Waals surface area contributed by atoms with E-state index in [0.717, 1.165) is 25.0 Å². The monoisotopic (exact) mass is 292 g/mol. The van der Waals surface area contributed by atoms with Crippen LogP contribution in [-0.2, 0) is 11.3 Å². The summed E-state index contributed by atoms with van der Waals surface area (Å²) in [5.74, 6) is -0.187. The van der Waals surface area contributed by atoms with E-state index in [-0.39, 0.29) is 18.0 Å². The van der Waals surface area contributed by atoms with Crippen LogP contribution in [0.4, 0.5) is 4.79 Å². The van der Waals surface area contributed by atoms with E-state index in [1.807, 2.05) is 13.0 Å². The minimum Gasteiger partial charge on any atom is -0.480 e. The Hall–Kier alpha value is -1.98. The molecule has 1 N–H and O–H groups in total. The average Bonchev–Trinajstić information content (AvgIpc) is 3.00. The van der Waals surface area contributed by atoms with E-state index < -0.39 is 12.0 Å². The molecule has 2 aliphatic rings. The van der Waals surface area contributed by atoms with Gasteiger partial charge in [-0.25, -0.2) is 9.59 Å². The molecule has 2 amide bonds. The van der Waals surface area contributed by atoms with Crippen molar-refractivity contribution in [2.45, 2.75) is 44.8 Å². The van der Waals surface area contributed by atoms with Crippen molar-refractivity contribution in [2.24, 2.45) is 5.92 Å². The van der Waals surface area contributed by atoms with Crippen LogP contribution in [0.15, 0.2) is 22.8 Å². The van der Waals surface area contributed by atoms with Gasteiger partial charge in [-0.05, 0) is 37.3 Å². The molecule has 2 atom stereocenters. The molecule has 1 aliphatic heterocycles. The Morgan fingerprint density at radius 2 is 2.19 bits per heavy atom. The molecule has 1 aromatic heterocycles. The van der Waals surface area contributed by atoms with E-state index in [0.29, 0.717) is 13.1 Å². The average molecular weight is 292 g/mol. The Bertz CT molecular complexity index is 524. The fourth-order valence-corrected chi connectivity index (χ4v) is 3.01. The van der Waals surface area contributed by atoms with Crippen molar-refractivity contribution in [3.05, 3.63) is 24.2 Å². The molecule has 21 heavy (non-hydrogen) atoms. The summed E-state index contributed by atoms with van der Waals surface area (Å²) in [5, 5.41) is 9.36. The number of hydrogen-bond donors (Lipinski definition) is 1. The molecular weight excluding hydrogens is 272 g/mol. The first-order valence-corrected chi connectivity index (χ1v) is 7.40. The number of carbonyl (C=O) groups excluding carboxylic acids is 1. The number of urea groups is 1. The molecule has 6 nitrogen and oxygen atoms in total. The minimum absolute atomic E-state index is 0.00360. The van der Waals surface area contributed by atoms with Crippen LogP contribution >= 0.6 is 0 Å². The van der Waals surface area contributed by atoms with Gasteiger partial charge >= 0.3 is 12.0 Å². The molecule has 0 spiro atoms. The van der Waals surface area contributed by atoms with Crippen LogP contribution in [0.1, 0.15) is 31.9 Å². The van der Waals surface area contributed by atoms with Gasteiger partial charge in [-0.2, -0.15) is 0 Å². The predicted octanol–water partition coefficient (Wildman–Crippen LogP) is 2.16. The molecule has 0 bridgehead atoms. The van der Waals surface area contributed by atoms with Crippen molar-refractivity contribution in [3.63, 3.8) is 0 Å². The number of likely N-dealkylation sites (tertiary alicyclic amines) is 1. The largest absolute Gasteiger partial charge is 0.480 e. The van der Waals surface area contributed by atoms with E-state index in [2.05, 4.69) is 0 Å². The van der Waals surface area contributed by atoms with Gasteiger partial charge in [0.2, 0.25) is 0 Å². The highest BCUT2D eigenvalue weighted by atomic mass is 16.4. The van der Waals surface area contributed by atoms with Crippen LogP contribution in [0.2, 0.25) is 0 Å². The number of furan rings is 1. The number of carbonyl (C=O) groups is 2. The van der Waals surface area contributed by atoms with E-state index in [4.69, 9.17) is 4.42 Å². The van der Waals surface area contributed by atoms with Gasteiger partial charge in [0.1, 0.15) is 11.8 Å². The zero-order chi connectivity index (χ0) is 15.0. The van der Waals surface area contributed by atoms with Gasteiger partial charge in [0.25, 0.3) is 0 Å². The summed E-state index contributed by atoms with van der Waals surface area (Å²) in [6.07, 6.45) is 4.28. The van der Waals surface area contributed by atoms with Gasteiger partial charge < -0.3 is 19.3 Å². The number of hydrogen-bond acceptors (Lipinski definition) is 3. The van der Waals surface area contributed by atoms with Gasteiger partial charge in [-0.15, -0.1) is 0 Å². The quantitative estimate of drug-likeness (QED) is 0.923. The zero-order valence-electron chi connectivity index (χ0n) is 12.1. The highest BCUT2D eigenvalue weighted by Crippen LogP contribution is 2.32. The van der Waals surface area contributed by atoms with Crippen LogP contribution in [0.5, 0.6) is 0 Å². The molecule has 1 saturated heterocycles. The van der Waals surface area contributed by atoms with E-state index in [9.17, 15) is 14.7 Å².